The first-order valence-electron chi connectivity index (χ1n) is 23.3. The molecule has 0 spiro atoms. The maximum absolute atomic E-state index is 14.0. The van der Waals surface area contributed by atoms with Crippen molar-refractivity contribution in [3.05, 3.63) is 137 Å². The lowest BCUT2D eigenvalue weighted by Crippen LogP contribution is -2.54. The van der Waals surface area contributed by atoms with E-state index < -0.39 is 57.7 Å². The molecule has 76 heavy (non-hydrogen) atoms. The lowest BCUT2D eigenvalue weighted by atomic mass is 10.0. The second-order valence-electron chi connectivity index (χ2n) is 17.9. The van der Waals surface area contributed by atoms with Crippen molar-refractivity contribution in [3.63, 3.8) is 0 Å². The third-order valence-corrected chi connectivity index (χ3v) is 15.1. The number of carbonyl (C=O) groups is 2. The number of nitriles is 2. The minimum atomic E-state index is -1.84. The molecule has 6 heterocycles. The second-order valence-corrected chi connectivity index (χ2v) is 19.9. The Morgan fingerprint density at radius 2 is 1.03 bits per heavy atom. The standard InChI is InChI=1S/C25H27N7O5S.C25H26N6O6S/c1-15-19-20(33)31(25(2,3)23(27)34)24(35)30(22(19)38-21(15)32-28-11-12-29-32)14-18(37-13-7-10-26)16-8-5-6-9-17(16)36-4;1-15-19-20(32)30(25(2,3)23(33)34)24(35)29(22(19)38-21(15)31-27-11-12-28-31)14-18(37-13-7-10-26)16-8-5-6-9-17(16)36-4/h5-6,8-9,11-12,18H,7,13-14H2,1-4H3,(H2,27,34);5-6,8-9,11-12,18H,7,13-14H2,1-4H3,(H,33,34)/t2*18-/m00/s1. The number of aliphatic carboxylic acids is 1. The van der Waals surface area contributed by atoms with Crippen LogP contribution in [-0.4, -0.2) is 92.7 Å². The number of carbonyl (C=O) groups excluding carboxylic acids is 1. The van der Waals surface area contributed by atoms with Crippen LogP contribution in [-0.2, 0) is 43.2 Å². The Bertz CT molecular complexity index is 3530. The molecular weight excluding hydrogens is 1020 g/mol. The molecule has 0 unspecified atom stereocenters. The van der Waals surface area contributed by atoms with Crippen molar-refractivity contribution in [3.8, 4) is 33.6 Å². The summed E-state index contributed by atoms with van der Waals surface area (Å²) in [4.78, 5) is 83.2. The molecule has 0 radical (unpaired) electrons. The van der Waals surface area contributed by atoms with Crippen LogP contribution in [0.25, 0.3) is 30.4 Å². The van der Waals surface area contributed by atoms with Gasteiger partial charge in [0.15, 0.2) is 0 Å². The Labute approximate surface area is 440 Å². The first-order chi connectivity index (χ1) is 36.3. The summed E-state index contributed by atoms with van der Waals surface area (Å²) >= 11 is 2.31. The normalized spacial score (nSPS) is 12.4. The highest BCUT2D eigenvalue weighted by molar-refractivity contribution is 7.21. The zero-order valence-corrected chi connectivity index (χ0v) is 44.2. The van der Waals surface area contributed by atoms with Gasteiger partial charge in [-0.1, -0.05) is 59.1 Å². The lowest BCUT2D eigenvalue weighted by Gasteiger charge is -2.26. The number of fused-ring (bicyclic) bond motifs is 2. The van der Waals surface area contributed by atoms with Crippen molar-refractivity contribution in [1.29, 1.82) is 10.5 Å². The molecule has 0 aliphatic carbocycles. The molecule has 26 heteroatoms. The molecule has 0 saturated heterocycles. The van der Waals surface area contributed by atoms with Crippen LogP contribution in [0.15, 0.2) is 92.5 Å². The summed E-state index contributed by atoms with van der Waals surface area (Å²) in [5.41, 5.74) is 1.61. The highest BCUT2D eigenvalue weighted by Gasteiger charge is 2.37. The molecule has 2 aromatic carbocycles. The van der Waals surface area contributed by atoms with Gasteiger partial charge in [-0.05, 0) is 53.7 Å². The van der Waals surface area contributed by atoms with Gasteiger partial charge in [0, 0.05) is 22.3 Å². The molecule has 24 nitrogen and oxygen atoms in total. The fourth-order valence-corrected chi connectivity index (χ4v) is 10.8. The monoisotopic (exact) mass is 1080 g/mol. The van der Waals surface area contributed by atoms with Gasteiger partial charge < -0.3 is 29.8 Å². The van der Waals surface area contributed by atoms with Crippen molar-refractivity contribution < 1.29 is 33.6 Å². The number of hydrogen-bond donors (Lipinski definition) is 2. The zero-order chi connectivity index (χ0) is 55.2. The molecule has 0 aliphatic rings. The van der Waals surface area contributed by atoms with Crippen molar-refractivity contribution in [1.82, 2.24) is 48.3 Å². The number of ether oxygens (including phenoxy) is 4. The molecular formula is C50H53N13O11S2. The molecule has 0 saturated carbocycles. The average molecular weight is 1080 g/mol. The lowest BCUT2D eigenvalue weighted by molar-refractivity contribution is -0.146. The van der Waals surface area contributed by atoms with E-state index in [2.05, 4.69) is 20.4 Å². The number of aromatic nitrogens is 10. The number of para-hydroxylation sites is 2. The van der Waals surface area contributed by atoms with Gasteiger partial charge in [-0.25, -0.2) is 23.5 Å². The van der Waals surface area contributed by atoms with E-state index in [4.69, 9.17) is 35.2 Å². The van der Waals surface area contributed by atoms with Crippen molar-refractivity contribution in [2.75, 3.05) is 27.4 Å². The smallest absolute Gasteiger partial charge is 0.333 e. The summed E-state index contributed by atoms with van der Waals surface area (Å²) in [6.45, 7) is 8.95. The number of methoxy groups -OCH3 is 2. The number of amides is 1. The molecule has 8 aromatic rings. The number of rotatable bonds is 20. The van der Waals surface area contributed by atoms with Crippen LogP contribution in [0.4, 0.5) is 0 Å². The minimum absolute atomic E-state index is 0.0395. The fraction of sp³-hybridized carbons (Fsp3) is 0.360. The quantitative estimate of drug-likeness (QED) is 0.0983. The van der Waals surface area contributed by atoms with Crippen LogP contribution in [0.5, 0.6) is 11.5 Å². The molecule has 8 rings (SSSR count). The Morgan fingerprint density at radius 1 is 0.658 bits per heavy atom. The maximum Gasteiger partial charge on any atom is 0.333 e. The highest BCUT2D eigenvalue weighted by atomic mass is 32.1. The number of primary amides is 1. The summed E-state index contributed by atoms with van der Waals surface area (Å²) in [5, 5.41) is 46.2. The predicted molar refractivity (Wildman–Crippen MR) is 279 cm³/mol. The van der Waals surface area contributed by atoms with E-state index >= 15 is 0 Å². The van der Waals surface area contributed by atoms with Crippen LogP contribution < -0.4 is 37.7 Å². The second kappa shape index (κ2) is 22.9. The highest BCUT2D eigenvalue weighted by Crippen LogP contribution is 2.36. The third-order valence-electron chi connectivity index (χ3n) is 12.6. The van der Waals surface area contributed by atoms with Gasteiger partial charge in [0.05, 0.1) is 101 Å². The number of aryl methyl sites for hydroxylation is 2. The molecule has 0 bridgehead atoms. The molecule has 0 aliphatic heterocycles. The van der Waals surface area contributed by atoms with Gasteiger partial charge in [0.25, 0.3) is 11.1 Å². The topological polar surface area (TPSA) is 314 Å². The largest absolute Gasteiger partial charge is 0.496 e. The fourth-order valence-electron chi connectivity index (χ4n) is 8.38. The molecule has 6 aromatic heterocycles. The van der Waals surface area contributed by atoms with Crippen LogP contribution >= 0.6 is 22.7 Å². The summed E-state index contributed by atoms with van der Waals surface area (Å²) in [6, 6.07) is 18.4. The number of carboxylic acid groups (broad SMARTS) is 1. The zero-order valence-electron chi connectivity index (χ0n) is 42.6. The maximum atomic E-state index is 14.0. The van der Waals surface area contributed by atoms with Crippen LogP contribution in [0.3, 0.4) is 0 Å². The number of thiophene rings is 2. The van der Waals surface area contributed by atoms with E-state index in [-0.39, 0.29) is 49.9 Å². The number of benzene rings is 2. The van der Waals surface area contributed by atoms with E-state index in [0.29, 0.717) is 53.4 Å². The Balaban J connectivity index is 0.000000221. The van der Waals surface area contributed by atoms with Gasteiger partial charge >= 0.3 is 17.3 Å². The summed E-state index contributed by atoms with van der Waals surface area (Å²) in [5.74, 6) is -1.12. The van der Waals surface area contributed by atoms with Gasteiger partial charge in [-0.3, -0.25) is 23.5 Å². The van der Waals surface area contributed by atoms with Gasteiger partial charge in [0.2, 0.25) is 5.91 Å². The van der Waals surface area contributed by atoms with E-state index in [1.165, 1.54) is 96.8 Å². The van der Waals surface area contributed by atoms with Crippen LogP contribution in [0, 0.1) is 36.5 Å². The van der Waals surface area contributed by atoms with E-state index in [9.17, 15) is 33.9 Å². The Morgan fingerprint density at radius 3 is 1.37 bits per heavy atom. The van der Waals surface area contributed by atoms with Crippen molar-refractivity contribution in [2.24, 2.45) is 5.73 Å². The average Bonchev–Trinajstić information content (AvgIpc) is 4.33. The van der Waals surface area contributed by atoms with E-state index in [1.54, 1.807) is 56.3 Å². The summed E-state index contributed by atoms with van der Waals surface area (Å²) < 4.78 is 27.5. The first kappa shape index (κ1) is 55.2. The van der Waals surface area contributed by atoms with E-state index in [0.717, 1.165) is 20.5 Å². The van der Waals surface area contributed by atoms with Gasteiger partial charge in [-0.15, -0.1) is 9.59 Å². The minimum Gasteiger partial charge on any atom is -0.496 e. The van der Waals surface area contributed by atoms with Gasteiger partial charge in [-0.2, -0.15) is 30.9 Å². The summed E-state index contributed by atoms with van der Waals surface area (Å²) in [6.07, 6.45) is 4.77. The Kier molecular flexibility index (Phi) is 16.6. The summed E-state index contributed by atoms with van der Waals surface area (Å²) in [7, 11) is 3.04. The Hall–Kier alpha value is -8.56. The first-order valence-corrected chi connectivity index (χ1v) is 25.0. The molecule has 3 N–H and O–H groups in total. The van der Waals surface area contributed by atoms with E-state index in [1.807, 2.05) is 18.2 Å². The molecule has 2 atom stereocenters. The van der Waals surface area contributed by atoms with Crippen molar-refractivity contribution >= 4 is 55.0 Å². The van der Waals surface area contributed by atoms with Crippen molar-refractivity contribution in [2.45, 2.75) is 90.8 Å². The third kappa shape index (κ3) is 10.4. The predicted octanol–water partition coefficient (Wildman–Crippen LogP) is 4.63. The number of hydrogen-bond acceptors (Lipinski definition) is 18. The molecule has 0 fully saturated rings. The molecule has 1 amide bonds. The molecule has 396 valence electrons. The number of carboxylic acids is 1. The number of nitrogens with zero attached hydrogens (tertiary/aromatic N) is 12. The van der Waals surface area contributed by atoms with Gasteiger partial charge in [0.1, 0.15) is 54.4 Å². The number of nitrogens with two attached hydrogens (primary N) is 1. The van der Waals surface area contributed by atoms with Crippen LogP contribution in [0.2, 0.25) is 0 Å². The van der Waals surface area contributed by atoms with Crippen LogP contribution in [0.1, 0.15) is 75.0 Å². The SMILES string of the molecule is COc1ccccc1[C@H](Cn1c(=O)n(C(C)(C)C(=O)O)c(=O)c2c(C)c(-n3nccn3)sc21)OCCC#N.COc1ccccc1[C@H](Cn1c(=O)n(C(C)(C)C(N)=O)c(=O)c2c(C)c(-n3nccn3)sc21)OCCC#N.